The zero-order valence-corrected chi connectivity index (χ0v) is 10.9. The van der Waals surface area contributed by atoms with Gasteiger partial charge in [-0.25, -0.2) is 0 Å². The van der Waals surface area contributed by atoms with Gasteiger partial charge in [0, 0.05) is 0 Å². The van der Waals surface area contributed by atoms with Gasteiger partial charge in [0.15, 0.2) is 0 Å². The predicted molar refractivity (Wildman–Crippen MR) is 66.9 cm³/mol. The van der Waals surface area contributed by atoms with Crippen LogP contribution in [0.25, 0.3) is 0 Å². The number of rotatable bonds is 5. The number of unbranched alkanes of at least 4 members (excludes halogenated alkanes) is 3. The standard InChI is InChI=1S/C15H28/c1-4-5-6-7-8-13-9-14-11-15(14,3)10-12(13)2/h12-14H,4-11H2,1-3H3. The average molecular weight is 208 g/mol. The molecule has 0 nitrogen and oxygen atoms in total. The molecule has 0 heterocycles. The molecule has 88 valence electrons. The van der Waals surface area contributed by atoms with Crippen LogP contribution in [0.3, 0.4) is 0 Å². The predicted octanol–water partition coefficient (Wildman–Crippen LogP) is 5.03. The van der Waals surface area contributed by atoms with Crippen LogP contribution in [0.15, 0.2) is 0 Å². The molecule has 2 fully saturated rings. The van der Waals surface area contributed by atoms with Crippen LogP contribution in [-0.2, 0) is 0 Å². The van der Waals surface area contributed by atoms with E-state index in [0.29, 0.717) is 0 Å². The van der Waals surface area contributed by atoms with Gasteiger partial charge in [-0.05, 0) is 42.4 Å². The largest absolute Gasteiger partial charge is 0.0654 e. The fraction of sp³-hybridized carbons (Fsp3) is 1.00. The Hall–Kier alpha value is 0. The van der Waals surface area contributed by atoms with Gasteiger partial charge >= 0.3 is 0 Å². The van der Waals surface area contributed by atoms with Gasteiger partial charge in [0.2, 0.25) is 0 Å². The first-order valence-electron chi connectivity index (χ1n) is 7.15. The first kappa shape index (κ1) is 11.5. The molecule has 2 rings (SSSR count). The van der Waals surface area contributed by atoms with E-state index >= 15 is 0 Å². The maximum atomic E-state index is 2.52. The van der Waals surface area contributed by atoms with Crippen LogP contribution in [0.4, 0.5) is 0 Å². The Bertz CT molecular complexity index is 208. The van der Waals surface area contributed by atoms with Gasteiger partial charge in [-0.2, -0.15) is 0 Å². The van der Waals surface area contributed by atoms with Gasteiger partial charge in [0.25, 0.3) is 0 Å². The molecule has 15 heavy (non-hydrogen) atoms. The van der Waals surface area contributed by atoms with Crippen molar-refractivity contribution in [3.05, 3.63) is 0 Å². The normalized spacial score (nSPS) is 43.8. The molecule has 0 saturated heterocycles. The fourth-order valence-corrected chi connectivity index (χ4v) is 3.86. The van der Waals surface area contributed by atoms with Crippen molar-refractivity contribution < 1.29 is 0 Å². The lowest BCUT2D eigenvalue weighted by molar-refractivity contribution is 0.182. The highest BCUT2D eigenvalue weighted by Gasteiger charge is 2.54. The third-order valence-electron chi connectivity index (χ3n) is 5.15. The van der Waals surface area contributed by atoms with Crippen LogP contribution in [-0.4, -0.2) is 0 Å². The van der Waals surface area contributed by atoms with E-state index in [1.165, 1.54) is 38.5 Å². The zero-order chi connectivity index (χ0) is 10.9. The molecule has 2 aliphatic carbocycles. The summed E-state index contributed by atoms with van der Waals surface area (Å²) in [6.07, 6.45) is 11.9. The Morgan fingerprint density at radius 3 is 2.67 bits per heavy atom. The molecule has 0 spiro atoms. The van der Waals surface area contributed by atoms with E-state index in [1.54, 1.807) is 12.8 Å². The van der Waals surface area contributed by atoms with Crippen LogP contribution in [0, 0.1) is 23.2 Å². The molecule has 2 aliphatic rings. The monoisotopic (exact) mass is 208 g/mol. The molecule has 0 aromatic rings. The molecule has 4 atom stereocenters. The summed E-state index contributed by atoms with van der Waals surface area (Å²) in [5.74, 6) is 3.20. The van der Waals surface area contributed by atoms with Gasteiger partial charge in [-0.3, -0.25) is 0 Å². The molecule has 2 saturated carbocycles. The molecule has 4 unspecified atom stereocenters. The summed E-state index contributed by atoms with van der Waals surface area (Å²) in [6, 6.07) is 0. The smallest absolute Gasteiger partial charge is 0.0292 e. The van der Waals surface area contributed by atoms with Crippen molar-refractivity contribution in [3.63, 3.8) is 0 Å². The lowest BCUT2D eigenvalue weighted by Crippen LogP contribution is -2.22. The molecule has 0 bridgehead atoms. The summed E-state index contributed by atoms with van der Waals surface area (Å²) >= 11 is 0. The van der Waals surface area contributed by atoms with Crippen molar-refractivity contribution in [1.29, 1.82) is 0 Å². The third-order valence-corrected chi connectivity index (χ3v) is 5.15. The fourth-order valence-electron chi connectivity index (χ4n) is 3.86. The van der Waals surface area contributed by atoms with E-state index in [4.69, 9.17) is 0 Å². The highest BCUT2D eigenvalue weighted by atomic mass is 14.6. The summed E-state index contributed by atoms with van der Waals surface area (Å²) in [4.78, 5) is 0. The second-order valence-electron chi connectivity index (χ2n) is 6.58. The number of fused-ring (bicyclic) bond motifs is 1. The Labute approximate surface area is 95.8 Å². The van der Waals surface area contributed by atoms with E-state index in [9.17, 15) is 0 Å². The second kappa shape index (κ2) is 4.47. The van der Waals surface area contributed by atoms with Crippen molar-refractivity contribution in [2.24, 2.45) is 23.2 Å². The van der Waals surface area contributed by atoms with E-state index in [1.807, 2.05) is 0 Å². The lowest BCUT2D eigenvalue weighted by atomic mass is 9.73. The average Bonchev–Trinajstić information content (AvgIpc) is 2.82. The minimum Gasteiger partial charge on any atom is -0.0654 e. The molecule has 0 aromatic carbocycles. The Morgan fingerprint density at radius 1 is 1.13 bits per heavy atom. The van der Waals surface area contributed by atoms with E-state index in [-0.39, 0.29) is 0 Å². The zero-order valence-electron chi connectivity index (χ0n) is 10.9. The molecule has 0 heteroatoms. The lowest BCUT2D eigenvalue weighted by Gasteiger charge is -2.32. The maximum absolute atomic E-state index is 2.52. The minimum absolute atomic E-state index is 0.791. The molecule has 0 N–H and O–H groups in total. The van der Waals surface area contributed by atoms with Crippen molar-refractivity contribution >= 4 is 0 Å². The van der Waals surface area contributed by atoms with Gasteiger partial charge < -0.3 is 0 Å². The molecular formula is C15H28. The first-order valence-corrected chi connectivity index (χ1v) is 7.15. The summed E-state index contributed by atoms with van der Waals surface area (Å²) in [6.45, 7) is 7.32. The summed E-state index contributed by atoms with van der Waals surface area (Å²) in [5.41, 5.74) is 0.791. The summed E-state index contributed by atoms with van der Waals surface area (Å²) in [7, 11) is 0. The minimum atomic E-state index is 0.791. The Kier molecular flexibility index (Phi) is 3.42. The SMILES string of the molecule is CCCCCCC1CC2CC2(C)CC1C. The quantitative estimate of drug-likeness (QED) is 0.556. The Morgan fingerprint density at radius 2 is 1.93 bits per heavy atom. The van der Waals surface area contributed by atoms with Crippen molar-refractivity contribution in [2.45, 2.75) is 72.1 Å². The van der Waals surface area contributed by atoms with Gasteiger partial charge in [0.1, 0.15) is 0 Å². The summed E-state index contributed by atoms with van der Waals surface area (Å²) in [5, 5.41) is 0. The highest BCUT2D eigenvalue weighted by molar-refractivity contribution is 5.04. The van der Waals surface area contributed by atoms with Crippen LogP contribution in [0.1, 0.15) is 72.1 Å². The van der Waals surface area contributed by atoms with E-state index < -0.39 is 0 Å². The first-order chi connectivity index (χ1) is 7.15. The number of hydrogen-bond acceptors (Lipinski definition) is 0. The molecular weight excluding hydrogens is 180 g/mol. The van der Waals surface area contributed by atoms with E-state index in [0.717, 1.165) is 23.2 Å². The van der Waals surface area contributed by atoms with Crippen molar-refractivity contribution in [2.75, 3.05) is 0 Å². The second-order valence-corrected chi connectivity index (χ2v) is 6.58. The molecule has 0 radical (unpaired) electrons. The molecule has 0 amide bonds. The van der Waals surface area contributed by atoms with Gasteiger partial charge in [-0.1, -0.05) is 52.9 Å². The van der Waals surface area contributed by atoms with Gasteiger partial charge in [0.05, 0.1) is 0 Å². The molecule has 0 aliphatic heterocycles. The topological polar surface area (TPSA) is 0 Å². The van der Waals surface area contributed by atoms with E-state index in [2.05, 4.69) is 20.8 Å². The van der Waals surface area contributed by atoms with Crippen molar-refractivity contribution in [3.8, 4) is 0 Å². The maximum Gasteiger partial charge on any atom is -0.0292 e. The van der Waals surface area contributed by atoms with Crippen LogP contribution >= 0.6 is 0 Å². The van der Waals surface area contributed by atoms with Crippen LogP contribution in [0.2, 0.25) is 0 Å². The van der Waals surface area contributed by atoms with Crippen LogP contribution in [0.5, 0.6) is 0 Å². The third kappa shape index (κ3) is 2.57. The molecule has 0 aromatic heterocycles. The summed E-state index contributed by atoms with van der Waals surface area (Å²) < 4.78 is 0. The Balaban J connectivity index is 1.69. The van der Waals surface area contributed by atoms with Crippen LogP contribution < -0.4 is 0 Å². The van der Waals surface area contributed by atoms with Crippen molar-refractivity contribution in [1.82, 2.24) is 0 Å². The van der Waals surface area contributed by atoms with Gasteiger partial charge in [-0.15, -0.1) is 0 Å². The highest BCUT2D eigenvalue weighted by Crippen LogP contribution is 2.64. The number of hydrogen-bond donors (Lipinski definition) is 0.